The fraction of sp³-hybridized carbons (Fsp3) is 0.357. The van der Waals surface area contributed by atoms with Gasteiger partial charge in [0, 0.05) is 12.7 Å². The largest absolute Gasteiger partial charge is 0.435 e. The Labute approximate surface area is 115 Å². The molecule has 6 heteroatoms. The van der Waals surface area contributed by atoms with Crippen LogP contribution in [0.15, 0.2) is 36.5 Å². The normalized spacial score (nSPS) is 11.8. The zero-order valence-corrected chi connectivity index (χ0v) is 11.1. The highest BCUT2D eigenvalue weighted by atomic mass is 19.4. The smallest absolute Gasteiger partial charge is 0.313 e. The van der Waals surface area contributed by atoms with Gasteiger partial charge in [-0.2, -0.15) is 18.3 Å². The lowest BCUT2D eigenvalue weighted by molar-refractivity contribution is -0.141. The number of rotatable bonds is 5. The van der Waals surface area contributed by atoms with E-state index in [2.05, 4.69) is 10.4 Å². The minimum Gasteiger partial charge on any atom is -0.313 e. The third kappa shape index (κ3) is 3.60. The molecule has 1 N–H and O–H groups in total. The van der Waals surface area contributed by atoms with Crippen molar-refractivity contribution in [3.05, 3.63) is 53.3 Å². The van der Waals surface area contributed by atoms with Gasteiger partial charge in [0.05, 0.1) is 6.54 Å². The molecule has 1 aromatic carbocycles. The van der Waals surface area contributed by atoms with E-state index in [9.17, 15) is 13.2 Å². The van der Waals surface area contributed by atoms with Gasteiger partial charge in [0.1, 0.15) is 0 Å². The summed E-state index contributed by atoms with van der Waals surface area (Å²) in [6, 6.07) is 8.65. The van der Waals surface area contributed by atoms with Crippen LogP contribution in [0.3, 0.4) is 0 Å². The monoisotopic (exact) mass is 283 g/mol. The van der Waals surface area contributed by atoms with Gasteiger partial charge in [0.15, 0.2) is 5.69 Å². The van der Waals surface area contributed by atoms with E-state index in [1.54, 1.807) is 0 Å². The van der Waals surface area contributed by atoms with Crippen LogP contribution in [0.5, 0.6) is 0 Å². The first-order valence-electron chi connectivity index (χ1n) is 6.39. The Hall–Kier alpha value is -1.82. The number of hydrogen-bond acceptors (Lipinski definition) is 2. The van der Waals surface area contributed by atoms with Crippen LogP contribution in [0.2, 0.25) is 0 Å². The molecule has 108 valence electrons. The van der Waals surface area contributed by atoms with Crippen molar-refractivity contribution in [1.29, 1.82) is 0 Å². The van der Waals surface area contributed by atoms with E-state index < -0.39 is 11.9 Å². The van der Waals surface area contributed by atoms with Crippen molar-refractivity contribution < 1.29 is 13.2 Å². The third-order valence-electron chi connectivity index (χ3n) is 2.95. The first-order valence-corrected chi connectivity index (χ1v) is 6.39. The molecular weight excluding hydrogens is 267 g/mol. The zero-order chi connectivity index (χ0) is 14.6. The predicted octanol–water partition coefficient (Wildman–Crippen LogP) is 3.06. The molecule has 20 heavy (non-hydrogen) atoms. The van der Waals surface area contributed by atoms with Crippen molar-refractivity contribution in [2.75, 3.05) is 6.54 Å². The second-order valence-corrected chi connectivity index (χ2v) is 4.45. The molecule has 1 heterocycles. The van der Waals surface area contributed by atoms with Gasteiger partial charge in [-0.05, 0) is 23.7 Å². The van der Waals surface area contributed by atoms with E-state index in [-0.39, 0.29) is 0 Å². The Morgan fingerprint density at radius 2 is 1.85 bits per heavy atom. The molecule has 0 spiro atoms. The van der Waals surface area contributed by atoms with E-state index in [0.717, 1.165) is 23.7 Å². The van der Waals surface area contributed by atoms with Crippen molar-refractivity contribution in [3.63, 3.8) is 0 Å². The number of nitrogens with zero attached hydrogens (tertiary/aromatic N) is 2. The van der Waals surface area contributed by atoms with Crippen molar-refractivity contribution >= 4 is 0 Å². The summed E-state index contributed by atoms with van der Waals surface area (Å²) in [5.41, 5.74) is 1.17. The fourth-order valence-electron chi connectivity index (χ4n) is 1.92. The molecule has 2 aromatic rings. The average Bonchev–Trinajstić information content (AvgIpc) is 2.86. The lowest BCUT2D eigenvalue weighted by Gasteiger charge is -2.10. The van der Waals surface area contributed by atoms with Crippen molar-refractivity contribution in [3.8, 4) is 0 Å². The Kier molecular flexibility index (Phi) is 4.44. The molecule has 0 unspecified atom stereocenters. The van der Waals surface area contributed by atoms with Crippen molar-refractivity contribution in [2.24, 2.45) is 0 Å². The van der Waals surface area contributed by atoms with E-state index in [1.165, 1.54) is 10.9 Å². The van der Waals surface area contributed by atoms with Crippen molar-refractivity contribution in [1.82, 2.24) is 15.1 Å². The Morgan fingerprint density at radius 3 is 2.45 bits per heavy atom. The molecule has 0 atom stereocenters. The molecule has 0 saturated carbocycles. The summed E-state index contributed by atoms with van der Waals surface area (Å²) < 4.78 is 38.8. The molecule has 0 bridgehead atoms. The van der Waals surface area contributed by atoms with Gasteiger partial charge >= 0.3 is 6.18 Å². The van der Waals surface area contributed by atoms with Gasteiger partial charge in [-0.15, -0.1) is 0 Å². The van der Waals surface area contributed by atoms with Gasteiger partial charge in [0.25, 0.3) is 0 Å². The second-order valence-electron chi connectivity index (χ2n) is 4.45. The van der Waals surface area contributed by atoms with Crippen LogP contribution >= 0.6 is 0 Å². The van der Waals surface area contributed by atoms with Crippen LogP contribution in [-0.4, -0.2) is 16.3 Å². The highest BCUT2D eigenvalue weighted by Gasteiger charge is 2.33. The van der Waals surface area contributed by atoms with Crippen LogP contribution < -0.4 is 5.32 Å². The van der Waals surface area contributed by atoms with Gasteiger partial charge in [-0.3, -0.25) is 4.68 Å². The Bertz CT molecular complexity index is 561. The number of nitrogens with one attached hydrogen (secondary N) is 1. The molecule has 2 rings (SSSR count). The molecule has 0 radical (unpaired) electrons. The average molecular weight is 283 g/mol. The molecule has 0 amide bonds. The minimum atomic E-state index is -4.39. The summed E-state index contributed by atoms with van der Waals surface area (Å²) in [5, 5.41) is 6.78. The summed E-state index contributed by atoms with van der Waals surface area (Å²) in [7, 11) is 0. The maximum absolute atomic E-state index is 12.5. The number of halogens is 3. The summed E-state index contributed by atoms with van der Waals surface area (Å²) in [6.45, 7) is 3.87. The molecule has 0 aliphatic heterocycles. The summed E-state index contributed by atoms with van der Waals surface area (Å²) >= 11 is 0. The predicted molar refractivity (Wildman–Crippen MR) is 70.2 cm³/mol. The maximum atomic E-state index is 12.5. The molecule has 0 aliphatic carbocycles. The highest BCUT2D eigenvalue weighted by Crippen LogP contribution is 2.27. The SMILES string of the molecule is CCNCc1ccccc1Cn1ccc(C(F)(F)F)n1. The molecule has 1 aromatic heterocycles. The fourth-order valence-corrected chi connectivity index (χ4v) is 1.92. The summed E-state index contributed by atoms with van der Waals surface area (Å²) in [4.78, 5) is 0. The van der Waals surface area contributed by atoms with E-state index in [4.69, 9.17) is 0 Å². The standard InChI is InChI=1S/C14H16F3N3/c1-2-18-9-11-5-3-4-6-12(11)10-20-8-7-13(19-20)14(15,16)17/h3-8,18H,2,9-10H2,1H3. The summed E-state index contributed by atoms with van der Waals surface area (Å²) in [6.07, 6.45) is -3.04. The number of aromatic nitrogens is 2. The molecule has 0 aliphatic rings. The topological polar surface area (TPSA) is 29.9 Å². The molecule has 3 nitrogen and oxygen atoms in total. The zero-order valence-electron chi connectivity index (χ0n) is 11.1. The maximum Gasteiger partial charge on any atom is 0.435 e. The number of benzene rings is 1. The first kappa shape index (κ1) is 14.6. The van der Waals surface area contributed by atoms with E-state index in [1.807, 2.05) is 31.2 Å². The lowest BCUT2D eigenvalue weighted by Crippen LogP contribution is -2.14. The van der Waals surface area contributed by atoms with E-state index in [0.29, 0.717) is 13.1 Å². The first-order chi connectivity index (χ1) is 9.50. The van der Waals surface area contributed by atoms with Gasteiger partial charge in [-0.25, -0.2) is 0 Å². The molecule has 0 saturated heterocycles. The van der Waals surface area contributed by atoms with Crippen LogP contribution in [0.4, 0.5) is 13.2 Å². The van der Waals surface area contributed by atoms with Gasteiger partial charge < -0.3 is 5.32 Å². The van der Waals surface area contributed by atoms with Crippen LogP contribution in [0, 0.1) is 0 Å². The van der Waals surface area contributed by atoms with E-state index >= 15 is 0 Å². The summed E-state index contributed by atoms with van der Waals surface area (Å²) in [5.74, 6) is 0. The van der Waals surface area contributed by atoms with Crippen LogP contribution in [0.1, 0.15) is 23.7 Å². The number of alkyl halides is 3. The third-order valence-corrected chi connectivity index (χ3v) is 2.95. The lowest BCUT2D eigenvalue weighted by atomic mass is 10.1. The molecular formula is C14H16F3N3. The van der Waals surface area contributed by atoms with Crippen molar-refractivity contribution in [2.45, 2.75) is 26.2 Å². The van der Waals surface area contributed by atoms with Gasteiger partial charge in [-0.1, -0.05) is 31.2 Å². The second kappa shape index (κ2) is 6.09. The van der Waals surface area contributed by atoms with Crippen LogP contribution in [0.25, 0.3) is 0 Å². The number of hydrogen-bond donors (Lipinski definition) is 1. The molecule has 0 fully saturated rings. The minimum absolute atomic E-state index is 0.331. The van der Waals surface area contributed by atoms with Gasteiger partial charge in [0.2, 0.25) is 0 Å². The highest BCUT2D eigenvalue weighted by molar-refractivity contribution is 5.27. The Morgan fingerprint density at radius 1 is 1.15 bits per heavy atom. The Balaban J connectivity index is 2.15. The quantitative estimate of drug-likeness (QED) is 0.914. The van der Waals surface area contributed by atoms with Crippen LogP contribution in [-0.2, 0) is 19.3 Å².